The van der Waals surface area contributed by atoms with E-state index in [1.54, 1.807) is 7.11 Å². The number of halogens is 1. The van der Waals surface area contributed by atoms with Gasteiger partial charge in [0.25, 0.3) is 0 Å². The molecule has 0 aliphatic carbocycles. The van der Waals surface area contributed by atoms with Crippen molar-refractivity contribution in [1.82, 2.24) is 0 Å². The van der Waals surface area contributed by atoms with E-state index in [0.29, 0.717) is 0 Å². The first kappa shape index (κ1) is 11.4. The van der Waals surface area contributed by atoms with Crippen LogP contribution in [0.25, 0.3) is 0 Å². The molecule has 0 fully saturated rings. The Labute approximate surface area is 93.6 Å². The van der Waals surface area contributed by atoms with E-state index in [2.05, 4.69) is 36.7 Å². The fourth-order valence-electron chi connectivity index (χ4n) is 1.38. The molecule has 0 atom stereocenters. The molecule has 0 spiro atoms. The number of benzene rings is 1. The Bertz CT molecular complexity index is 342. The summed E-state index contributed by atoms with van der Waals surface area (Å²) in [5, 5.41) is 0. The van der Waals surface area contributed by atoms with E-state index >= 15 is 0 Å². The number of hydrogen-bond donors (Lipinski definition) is 1. The summed E-state index contributed by atoms with van der Waals surface area (Å²) in [4.78, 5) is 0. The second-order valence-electron chi connectivity index (χ2n) is 4.33. The predicted molar refractivity (Wildman–Crippen MR) is 63.8 cm³/mol. The van der Waals surface area contributed by atoms with Crippen molar-refractivity contribution in [3.05, 3.63) is 22.2 Å². The summed E-state index contributed by atoms with van der Waals surface area (Å²) in [5.74, 6) is 0.867. The minimum atomic E-state index is 0.0310. The number of nitrogens with two attached hydrogens (primary N) is 1. The summed E-state index contributed by atoms with van der Waals surface area (Å²) >= 11 is 3.45. The lowest BCUT2D eigenvalue weighted by atomic mass is 9.86. The third-order valence-corrected chi connectivity index (χ3v) is 2.67. The van der Waals surface area contributed by atoms with Crippen molar-refractivity contribution in [2.75, 3.05) is 12.8 Å². The van der Waals surface area contributed by atoms with Gasteiger partial charge >= 0.3 is 0 Å². The van der Waals surface area contributed by atoms with Crippen LogP contribution in [0.2, 0.25) is 0 Å². The van der Waals surface area contributed by atoms with Crippen molar-refractivity contribution < 1.29 is 4.74 Å². The topological polar surface area (TPSA) is 35.2 Å². The Kier molecular flexibility index (Phi) is 3.10. The average molecular weight is 258 g/mol. The van der Waals surface area contributed by atoms with Gasteiger partial charge in [-0.3, -0.25) is 0 Å². The summed E-state index contributed by atoms with van der Waals surface area (Å²) in [5.41, 5.74) is 7.70. The van der Waals surface area contributed by atoms with Gasteiger partial charge in [0.1, 0.15) is 5.75 Å². The Morgan fingerprint density at radius 1 is 1.29 bits per heavy atom. The zero-order chi connectivity index (χ0) is 10.9. The van der Waals surface area contributed by atoms with Gasteiger partial charge in [-0.05, 0) is 33.5 Å². The molecule has 0 aliphatic heterocycles. The van der Waals surface area contributed by atoms with Gasteiger partial charge in [-0.15, -0.1) is 0 Å². The number of rotatable bonds is 1. The molecule has 14 heavy (non-hydrogen) atoms. The smallest absolute Gasteiger partial charge is 0.136 e. The van der Waals surface area contributed by atoms with Crippen LogP contribution in [0, 0.1) is 0 Å². The minimum absolute atomic E-state index is 0.0310. The van der Waals surface area contributed by atoms with Gasteiger partial charge in [0.05, 0.1) is 11.6 Å². The highest BCUT2D eigenvalue weighted by atomic mass is 79.9. The molecule has 2 nitrogen and oxygen atoms in total. The van der Waals surface area contributed by atoms with Gasteiger partial charge in [0.2, 0.25) is 0 Å². The molecule has 0 unspecified atom stereocenters. The van der Waals surface area contributed by atoms with Crippen LogP contribution >= 0.6 is 15.9 Å². The van der Waals surface area contributed by atoms with Crippen LogP contribution in [-0.2, 0) is 5.41 Å². The highest BCUT2D eigenvalue weighted by Crippen LogP contribution is 2.38. The number of ether oxygens (including phenoxy) is 1. The molecule has 0 aromatic heterocycles. The monoisotopic (exact) mass is 257 g/mol. The zero-order valence-electron chi connectivity index (χ0n) is 9.02. The molecule has 0 radical (unpaired) electrons. The Morgan fingerprint density at radius 2 is 1.86 bits per heavy atom. The molecule has 2 N–H and O–H groups in total. The van der Waals surface area contributed by atoms with Crippen LogP contribution in [0.1, 0.15) is 26.3 Å². The first-order chi connectivity index (χ1) is 6.36. The van der Waals surface area contributed by atoms with Crippen LogP contribution in [0.3, 0.4) is 0 Å². The Balaban J connectivity index is 3.40. The quantitative estimate of drug-likeness (QED) is 0.784. The maximum Gasteiger partial charge on any atom is 0.136 e. The molecular weight excluding hydrogens is 242 g/mol. The maximum atomic E-state index is 5.79. The van der Waals surface area contributed by atoms with Gasteiger partial charge < -0.3 is 10.5 Å². The molecule has 0 bridgehead atoms. The van der Waals surface area contributed by atoms with Crippen molar-refractivity contribution in [3.63, 3.8) is 0 Å². The summed E-state index contributed by atoms with van der Waals surface area (Å²) in [7, 11) is 1.67. The Hall–Kier alpha value is -0.700. The third-order valence-electron chi connectivity index (χ3n) is 2.08. The van der Waals surface area contributed by atoms with Crippen molar-refractivity contribution in [1.29, 1.82) is 0 Å². The average Bonchev–Trinajstić information content (AvgIpc) is 2.01. The molecule has 0 aliphatic rings. The lowest BCUT2D eigenvalue weighted by Gasteiger charge is -2.23. The molecule has 0 amide bonds. The van der Waals surface area contributed by atoms with E-state index in [1.165, 1.54) is 0 Å². The summed E-state index contributed by atoms with van der Waals surface area (Å²) in [6, 6.07) is 3.82. The highest BCUT2D eigenvalue weighted by Gasteiger charge is 2.21. The van der Waals surface area contributed by atoms with Gasteiger partial charge in [-0.1, -0.05) is 20.8 Å². The first-order valence-electron chi connectivity index (χ1n) is 4.49. The molecule has 1 aromatic carbocycles. The van der Waals surface area contributed by atoms with Gasteiger partial charge in [0.15, 0.2) is 0 Å². The van der Waals surface area contributed by atoms with E-state index in [-0.39, 0.29) is 5.41 Å². The lowest BCUT2D eigenvalue weighted by molar-refractivity contribution is 0.395. The maximum absolute atomic E-state index is 5.79. The molecule has 0 saturated carbocycles. The number of hydrogen-bond acceptors (Lipinski definition) is 2. The zero-order valence-corrected chi connectivity index (χ0v) is 10.6. The van der Waals surface area contributed by atoms with Gasteiger partial charge in [-0.25, -0.2) is 0 Å². The van der Waals surface area contributed by atoms with Crippen LogP contribution < -0.4 is 10.5 Å². The molecule has 3 heteroatoms. The van der Waals surface area contributed by atoms with Gasteiger partial charge in [0, 0.05) is 11.3 Å². The van der Waals surface area contributed by atoms with E-state index < -0.39 is 0 Å². The van der Waals surface area contributed by atoms with E-state index in [9.17, 15) is 0 Å². The van der Waals surface area contributed by atoms with Crippen LogP contribution in [-0.4, -0.2) is 7.11 Å². The van der Waals surface area contributed by atoms with Crippen LogP contribution in [0.15, 0.2) is 16.6 Å². The first-order valence-corrected chi connectivity index (χ1v) is 5.29. The molecule has 1 aromatic rings. The lowest BCUT2D eigenvalue weighted by Crippen LogP contribution is -2.13. The molecule has 78 valence electrons. The fourth-order valence-corrected chi connectivity index (χ4v) is 2.02. The summed E-state index contributed by atoms with van der Waals surface area (Å²) in [6.45, 7) is 6.41. The summed E-state index contributed by atoms with van der Waals surface area (Å²) < 4.78 is 6.26. The van der Waals surface area contributed by atoms with Crippen molar-refractivity contribution in [2.24, 2.45) is 0 Å². The van der Waals surface area contributed by atoms with Gasteiger partial charge in [-0.2, -0.15) is 0 Å². The molecule has 1 rings (SSSR count). The third kappa shape index (κ3) is 2.21. The van der Waals surface area contributed by atoms with Crippen molar-refractivity contribution >= 4 is 21.6 Å². The van der Waals surface area contributed by atoms with E-state index in [1.807, 2.05) is 12.1 Å². The van der Waals surface area contributed by atoms with Crippen molar-refractivity contribution in [3.8, 4) is 5.75 Å². The molecular formula is C11H16BrNO. The second-order valence-corrected chi connectivity index (χ2v) is 5.19. The largest absolute Gasteiger partial charge is 0.495 e. The van der Waals surface area contributed by atoms with Crippen LogP contribution in [0.5, 0.6) is 5.75 Å². The van der Waals surface area contributed by atoms with Crippen LogP contribution in [0.4, 0.5) is 5.69 Å². The number of anilines is 1. The normalized spacial score (nSPS) is 11.5. The predicted octanol–water partition coefficient (Wildman–Crippen LogP) is 3.34. The molecule has 0 heterocycles. The number of nitrogen functional groups attached to an aromatic ring is 1. The summed E-state index contributed by atoms with van der Waals surface area (Å²) in [6.07, 6.45) is 0. The Morgan fingerprint density at radius 3 is 2.29 bits per heavy atom. The number of methoxy groups -OCH3 is 1. The van der Waals surface area contributed by atoms with E-state index in [0.717, 1.165) is 21.5 Å². The SMILES string of the molecule is COc1c(Br)cc(N)cc1C(C)(C)C. The standard InChI is InChI=1S/C11H16BrNO/c1-11(2,3)8-5-7(13)6-9(12)10(8)14-4/h5-6H,13H2,1-4H3. The second kappa shape index (κ2) is 3.81. The van der Waals surface area contributed by atoms with E-state index in [4.69, 9.17) is 10.5 Å². The van der Waals surface area contributed by atoms with Crippen molar-refractivity contribution in [2.45, 2.75) is 26.2 Å². The fraction of sp³-hybridized carbons (Fsp3) is 0.455. The molecule has 0 saturated heterocycles. The highest BCUT2D eigenvalue weighted by molar-refractivity contribution is 9.10. The minimum Gasteiger partial charge on any atom is -0.495 e.